The summed E-state index contributed by atoms with van der Waals surface area (Å²) < 4.78 is 15.7. The monoisotopic (exact) mass is 515 g/mol. The van der Waals surface area contributed by atoms with Crippen LogP contribution in [0, 0.1) is 11.7 Å². The fourth-order valence-electron chi connectivity index (χ4n) is 6.28. The SMILES string of the molecule is CC1=C(CCN2CCC(Cc3nc4ccc(O)cc4n3Cc3ccc(F)cc3)CC2)CN2CCCCC2=N1. The van der Waals surface area contributed by atoms with Crippen LogP contribution < -0.4 is 0 Å². The van der Waals surface area contributed by atoms with Crippen molar-refractivity contribution >= 4 is 16.9 Å². The molecule has 0 radical (unpaired) electrons. The molecule has 200 valence electrons. The number of fused-ring (bicyclic) bond motifs is 2. The topological polar surface area (TPSA) is 56.9 Å². The number of allylic oxidation sites excluding steroid dienone is 1. The standard InChI is InChI=1S/C31H38FN5O/c1-22-25(21-36-14-3-2-4-30(36)33-22)13-17-35-15-11-23(12-16-35)18-31-34-28-10-9-27(38)19-29(28)37(31)20-24-5-7-26(32)8-6-24/h5-10,19,23,38H,2-4,11-18,20-21H2,1H3. The zero-order chi connectivity index (χ0) is 26.1. The van der Waals surface area contributed by atoms with Gasteiger partial charge in [0.05, 0.1) is 11.0 Å². The molecule has 3 aliphatic heterocycles. The third-order valence-electron chi connectivity index (χ3n) is 8.61. The molecule has 0 saturated carbocycles. The maximum absolute atomic E-state index is 13.5. The first-order chi connectivity index (χ1) is 18.5. The molecule has 1 aromatic heterocycles. The second kappa shape index (κ2) is 10.9. The summed E-state index contributed by atoms with van der Waals surface area (Å²) in [5, 5.41) is 10.1. The Kier molecular flexibility index (Phi) is 7.20. The van der Waals surface area contributed by atoms with Crippen molar-refractivity contribution in [1.82, 2.24) is 19.4 Å². The van der Waals surface area contributed by atoms with E-state index in [1.165, 1.54) is 42.1 Å². The van der Waals surface area contributed by atoms with Crippen molar-refractivity contribution in [2.45, 2.75) is 58.4 Å². The Labute approximate surface area is 224 Å². The number of phenols is 1. The fourth-order valence-corrected chi connectivity index (χ4v) is 6.28. The first kappa shape index (κ1) is 25.1. The van der Waals surface area contributed by atoms with E-state index in [-0.39, 0.29) is 11.6 Å². The van der Waals surface area contributed by atoms with Crippen molar-refractivity contribution in [3.63, 3.8) is 0 Å². The highest BCUT2D eigenvalue weighted by molar-refractivity contribution is 5.85. The molecule has 6 rings (SSSR count). The maximum atomic E-state index is 13.5. The molecule has 0 spiro atoms. The van der Waals surface area contributed by atoms with E-state index in [1.54, 1.807) is 12.1 Å². The van der Waals surface area contributed by atoms with Crippen LogP contribution in [0.3, 0.4) is 0 Å². The first-order valence-corrected chi connectivity index (χ1v) is 14.2. The quantitative estimate of drug-likeness (QED) is 0.436. The van der Waals surface area contributed by atoms with E-state index in [9.17, 15) is 9.50 Å². The minimum absolute atomic E-state index is 0.229. The van der Waals surface area contributed by atoms with Crippen molar-refractivity contribution in [1.29, 1.82) is 0 Å². The number of nitrogens with zero attached hydrogens (tertiary/aromatic N) is 5. The molecule has 7 heteroatoms. The van der Waals surface area contributed by atoms with Crippen LogP contribution in [0.2, 0.25) is 0 Å². The number of piperidine rings is 2. The number of hydrogen-bond acceptors (Lipinski definition) is 5. The highest BCUT2D eigenvalue weighted by atomic mass is 19.1. The fraction of sp³-hybridized carbons (Fsp3) is 0.484. The van der Waals surface area contributed by atoms with E-state index in [0.29, 0.717) is 12.5 Å². The van der Waals surface area contributed by atoms with E-state index in [2.05, 4.69) is 21.3 Å². The molecule has 6 nitrogen and oxygen atoms in total. The molecular formula is C31H38FN5O. The number of phenolic OH excluding ortho intramolecular Hbond substituents is 1. The van der Waals surface area contributed by atoms with Crippen LogP contribution in [0.4, 0.5) is 4.39 Å². The first-order valence-electron chi connectivity index (χ1n) is 14.2. The van der Waals surface area contributed by atoms with E-state index < -0.39 is 0 Å². The number of hydrogen-bond donors (Lipinski definition) is 1. The molecule has 1 N–H and O–H groups in total. The second-order valence-corrected chi connectivity index (χ2v) is 11.2. The highest BCUT2D eigenvalue weighted by Crippen LogP contribution is 2.28. The summed E-state index contributed by atoms with van der Waals surface area (Å²) >= 11 is 0. The third kappa shape index (κ3) is 5.48. The van der Waals surface area contributed by atoms with Gasteiger partial charge in [-0.3, -0.25) is 0 Å². The van der Waals surface area contributed by atoms with Gasteiger partial charge in [-0.1, -0.05) is 12.1 Å². The largest absolute Gasteiger partial charge is 0.508 e. The minimum Gasteiger partial charge on any atom is -0.508 e. The molecule has 2 aromatic carbocycles. The molecule has 38 heavy (non-hydrogen) atoms. The van der Waals surface area contributed by atoms with E-state index in [0.717, 1.165) is 87.2 Å². The molecule has 2 saturated heterocycles. The molecule has 3 aromatic rings. The van der Waals surface area contributed by atoms with Crippen LogP contribution in [0.1, 0.15) is 56.8 Å². The molecule has 0 bridgehead atoms. The predicted molar refractivity (Wildman–Crippen MR) is 150 cm³/mol. The Morgan fingerprint density at radius 2 is 1.84 bits per heavy atom. The molecule has 0 amide bonds. The Morgan fingerprint density at radius 3 is 2.66 bits per heavy atom. The van der Waals surface area contributed by atoms with Crippen LogP contribution in [-0.4, -0.2) is 63.0 Å². The van der Waals surface area contributed by atoms with Gasteiger partial charge in [0.2, 0.25) is 0 Å². The molecular weight excluding hydrogens is 477 g/mol. The number of aliphatic imine (C=N–C) groups is 1. The summed E-state index contributed by atoms with van der Waals surface area (Å²) in [6.07, 6.45) is 8.06. The van der Waals surface area contributed by atoms with Crippen LogP contribution in [0.25, 0.3) is 11.0 Å². The van der Waals surface area contributed by atoms with Gasteiger partial charge in [-0.2, -0.15) is 0 Å². The van der Waals surface area contributed by atoms with Gasteiger partial charge in [-0.05, 0) is 93.4 Å². The summed E-state index contributed by atoms with van der Waals surface area (Å²) in [5.74, 6) is 2.95. The number of imidazole rings is 1. The summed E-state index contributed by atoms with van der Waals surface area (Å²) in [6.45, 7) is 8.39. The summed E-state index contributed by atoms with van der Waals surface area (Å²) in [4.78, 5) is 15.0. The lowest BCUT2D eigenvalue weighted by molar-refractivity contribution is 0.183. The van der Waals surface area contributed by atoms with Crippen molar-refractivity contribution in [3.05, 3.63) is 70.9 Å². The average molecular weight is 516 g/mol. The summed E-state index contributed by atoms with van der Waals surface area (Å²) in [7, 11) is 0. The Hall–Kier alpha value is -3.19. The van der Waals surface area contributed by atoms with Crippen molar-refractivity contribution in [2.75, 3.05) is 32.7 Å². The van der Waals surface area contributed by atoms with Crippen LogP contribution in [0.15, 0.2) is 58.7 Å². The van der Waals surface area contributed by atoms with Gasteiger partial charge in [0, 0.05) is 50.8 Å². The maximum Gasteiger partial charge on any atom is 0.123 e. The van der Waals surface area contributed by atoms with E-state index in [1.807, 2.05) is 18.2 Å². The third-order valence-corrected chi connectivity index (χ3v) is 8.61. The second-order valence-electron chi connectivity index (χ2n) is 11.2. The number of rotatable bonds is 7. The smallest absolute Gasteiger partial charge is 0.123 e. The van der Waals surface area contributed by atoms with Gasteiger partial charge in [-0.15, -0.1) is 0 Å². The number of halogens is 1. The van der Waals surface area contributed by atoms with Gasteiger partial charge in [0.15, 0.2) is 0 Å². The summed E-state index contributed by atoms with van der Waals surface area (Å²) in [6, 6.07) is 12.0. The lowest BCUT2D eigenvalue weighted by atomic mass is 9.92. The lowest BCUT2D eigenvalue weighted by Gasteiger charge is -2.36. The van der Waals surface area contributed by atoms with Crippen LogP contribution >= 0.6 is 0 Å². The molecule has 0 atom stereocenters. The Balaban J connectivity index is 1.09. The lowest BCUT2D eigenvalue weighted by Crippen LogP contribution is -2.40. The summed E-state index contributed by atoms with van der Waals surface area (Å²) in [5.41, 5.74) is 5.61. The van der Waals surface area contributed by atoms with Crippen molar-refractivity contribution < 1.29 is 9.50 Å². The molecule has 3 aliphatic rings. The van der Waals surface area contributed by atoms with Crippen LogP contribution in [-0.2, 0) is 13.0 Å². The van der Waals surface area contributed by atoms with Gasteiger partial charge in [-0.25, -0.2) is 14.4 Å². The molecule has 0 aliphatic carbocycles. The van der Waals surface area contributed by atoms with Gasteiger partial charge >= 0.3 is 0 Å². The number of aromatic nitrogens is 2. The van der Waals surface area contributed by atoms with E-state index in [4.69, 9.17) is 9.98 Å². The predicted octanol–water partition coefficient (Wildman–Crippen LogP) is 5.75. The zero-order valence-corrected chi connectivity index (χ0v) is 22.4. The molecule has 2 fully saturated rings. The zero-order valence-electron chi connectivity index (χ0n) is 22.4. The highest BCUT2D eigenvalue weighted by Gasteiger charge is 2.25. The number of likely N-dealkylation sites (tertiary alicyclic amines) is 1. The van der Waals surface area contributed by atoms with E-state index >= 15 is 0 Å². The van der Waals surface area contributed by atoms with Gasteiger partial charge in [0.25, 0.3) is 0 Å². The number of amidine groups is 1. The van der Waals surface area contributed by atoms with Gasteiger partial charge < -0.3 is 19.5 Å². The number of aromatic hydroxyl groups is 1. The Morgan fingerprint density at radius 1 is 1.03 bits per heavy atom. The van der Waals surface area contributed by atoms with Gasteiger partial charge in [0.1, 0.15) is 23.2 Å². The molecule has 0 unspecified atom stereocenters. The average Bonchev–Trinajstić information content (AvgIpc) is 3.25. The molecule has 4 heterocycles. The van der Waals surface area contributed by atoms with Crippen molar-refractivity contribution in [2.24, 2.45) is 10.9 Å². The van der Waals surface area contributed by atoms with Crippen molar-refractivity contribution in [3.8, 4) is 5.75 Å². The van der Waals surface area contributed by atoms with Crippen LogP contribution in [0.5, 0.6) is 5.75 Å². The minimum atomic E-state index is -0.229. The number of benzene rings is 2. The normalized spacial score (nSPS) is 19.2. The Bertz CT molecular complexity index is 1350.